The highest BCUT2D eigenvalue weighted by Gasteiger charge is 2.22. The number of hydrazine groups is 1. The van der Waals surface area contributed by atoms with Crippen molar-refractivity contribution in [2.24, 2.45) is 11.8 Å². The summed E-state index contributed by atoms with van der Waals surface area (Å²) >= 11 is 0. The molecule has 4 nitrogen and oxygen atoms in total. The van der Waals surface area contributed by atoms with Crippen LogP contribution in [0.4, 0.5) is 0 Å². The van der Waals surface area contributed by atoms with E-state index >= 15 is 0 Å². The molecule has 3 N–H and O–H groups in total. The third-order valence-electron chi connectivity index (χ3n) is 2.62. The Morgan fingerprint density at radius 1 is 1.54 bits per heavy atom. The predicted octanol–water partition coefficient (Wildman–Crippen LogP) is 0.572. The average Bonchev–Trinajstić information content (AvgIpc) is 2.16. The molecule has 0 saturated heterocycles. The van der Waals surface area contributed by atoms with Crippen molar-refractivity contribution in [2.75, 3.05) is 6.61 Å². The van der Waals surface area contributed by atoms with E-state index in [-0.39, 0.29) is 18.6 Å². The second-order valence-corrected chi connectivity index (χ2v) is 3.68. The molecular weight excluding hydrogens is 168 g/mol. The minimum Gasteiger partial charge on any atom is -0.368 e. The van der Waals surface area contributed by atoms with Crippen molar-refractivity contribution in [1.29, 1.82) is 0 Å². The Bertz CT molecular complexity index is 173. The van der Waals surface area contributed by atoms with Gasteiger partial charge in [-0.3, -0.25) is 10.2 Å². The summed E-state index contributed by atoms with van der Waals surface area (Å²) in [5.41, 5.74) is 2.06. The van der Waals surface area contributed by atoms with Gasteiger partial charge in [-0.2, -0.15) is 0 Å². The number of nitrogens with two attached hydrogens (primary N) is 1. The summed E-state index contributed by atoms with van der Waals surface area (Å²) in [6.07, 6.45) is 5.00. The highest BCUT2D eigenvalue weighted by atomic mass is 16.5. The standard InChI is InChI=1S/C9H18N2O2/c1-7-4-2-3-5-8(7)13-6-9(12)11-10/h7-8H,2-6,10H2,1H3,(H,11,12). The molecule has 0 aliphatic heterocycles. The average molecular weight is 186 g/mol. The fraction of sp³-hybridized carbons (Fsp3) is 0.889. The first-order valence-electron chi connectivity index (χ1n) is 4.85. The van der Waals surface area contributed by atoms with Crippen molar-refractivity contribution in [3.8, 4) is 0 Å². The summed E-state index contributed by atoms with van der Waals surface area (Å²) in [7, 11) is 0. The van der Waals surface area contributed by atoms with E-state index in [1.807, 2.05) is 0 Å². The number of carbonyl (C=O) groups excluding carboxylic acids is 1. The Hall–Kier alpha value is -0.610. The quantitative estimate of drug-likeness (QED) is 0.385. The fourth-order valence-corrected chi connectivity index (χ4v) is 1.75. The molecule has 1 aliphatic rings. The molecule has 1 aliphatic carbocycles. The van der Waals surface area contributed by atoms with Gasteiger partial charge in [0.15, 0.2) is 0 Å². The zero-order chi connectivity index (χ0) is 9.68. The van der Waals surface area contributed by atoms with Gasteiger partial charge in [0.25, 0.3) is 5.91 Å². The SMILES string of the molecule is CC1CCCCC1OCC(=O)NN. The molecule has 0 spiro atoms. The summed E-state index contributed by atoms with van der Waals surface area (Å²) < 4.78 is 5.46. The highest BCUT2D eigenvalue weighted by molar-refractivity contribution is 5.76. The highest BCUT2D eigenvalue weighted by Crippen LogP contribution is 2.25. The first kappa shape index (κ1) is 10.5. The van der Waals surface area contributed by atoms with Gasteiger partial charge in [0, 0.05) is 0 Å². The van der Waals surface area contributed by atoms with Gasteiger partial charge in [-0.05, 0) is 18.8 Å². The van der Waals surface area contributed by atoms with E-state index in [2.05, 4.69) is 12.3 Å². The van der Waals surface area contributed by atoms with Crippen LogP contribution in [0.2, 0.25) is 0 Å². The molecule has 2 atom stereocenters. The summed E-state index contributed by atoms with van der Waals surface area (Å²) in [4.78, 5) is 10.8. The van der Waals surface area contributed by atoms with Crippen LogP contribution in [-0.2, 0) is 9.53 Å². The Morgan fingerprint density at radius 3 is 2.85 bits per heavy atom. The van der Waals surface area contributed by atoms with Crippen LogP contribution in [0.15, 0.2) is 0 Å². The molecular formula is C9H18N2O2. The monoisotopic (exact) mass is 186 g/mol. The van der Waals surface area contributed by atoms with Gasteiger partial charge in [0.2, 0.25) is 0 Å². The lowest BCUT2D eigenvalue weighted by Gasteiger charge is -2.28. The molecule has 0 heterocycles. The minimum atomic E-state index is -0.252. The van der Waals surface area contributed by atoms with E-state index in [1.165, 1.54) is 19.3 Å². The molecule has 0 bridgehead atoms. The maximum absolute atomic E-state index is 10.8. The lowest BCUT2D eigenvalue weighted by Crippen LogP contribution is -2.36. The lowest BCUT2D eigenvalue weighted by atomic mass is 9.88. The van der Waals surface area contributed by atoms with Crippen LogP contribution in [0.3, 0.4) is 0 Å². The Balaban J connectivity index is 2.22. The number of carbonyl (C=O) groups is 1. The van der Waals surface area contributed by atoms with Crippen molar-refractivity contribution in [1.82, 2.24) is 5.43 Å². The Labute approximate surface area is 78.8 Å². The van der Waals surface area contributed by atoms with Crippen LogP contribution >= 0.6 is 0 Å². The van der Waals surface area contributed by atoms with Gasteiger partial charge in [-0.1, -0.05) is 19.8 Å². The number of ether oxygens (including phenoxy) is 1. The van der Waals surface area contributed by atoms with Crippen molar-refractivity contribution >= 4 is 5.91 Å². The molecule has 1 rings (SSSR count). The van der Waals surface area contributed by atoms with Crippen molar-refractivity contribution in [3.05, 3.63) is 0 Å². The Kier molecular flexibility index (Phi) is 4.18. The smallest absolute Gasteiger partial charge is 0.259 e. The number of hydrogen-bond donors (Lipinski definition) is 2. The van der Waals surface area contributed by atoms with E-state index in [0.29, 0.717) is 5.92 Å². The molecule has 1 saturated carbocycles. The number of nitrogens with one attached hydrogen (secondary N) is 1. The summed E-state index contributed by atoms with van der Waals surface area (Å²) in [6.45, 7) is 2.26. The molecule has 4 heteroatoms. The van der Waals surface area contributed by atoms with Gasteiger partial charge in [0.1, 0.15) is 6.61 Å². The molecule has 76 valence electrons. The van der Waals surface area contributed by atoms with Crippen LogP contribution < -0.4 is 11.3 Å². The minimum absolute atomic E-state index is 0.0888. The van der Waals surface area contributed by atoms with Gasteiger partial charge in [-0.15, -0.1) is 0 Å². The Morgan fingerprint density at radius 2 is 2.23 bits per heavy atom. The molecule has 0 aromatic rings. The van der Waals surface area contributed by atoms with Gasteiger partial charge < -0.3 is 4.74 Å². The fourth-order valence-electron chi connectivity index (χ4n) is 1.75. The zero-order valence-electron chi connectivity index (χ0n) is 8.08. The predicted molar refractivity (Wildman–Crippen MR) is 49.7 cm³/mol. The topological polar surface area (TPSA) is 64.3 Å². The summed E-state index contributed by atoms with van der Waals surface area (Å²) in [5, 5.41) is 0. The maximum atomic E-state index is 10.8. The van der Waals surface area contributed by atoms with Gasteiger partial charge in [-0.25, -0.2) is 5.84 Å². The van der Waals surface area contributed by atoms with E-state index in [4.69, 9.17) is 10.6 Å². The maximum Gasteiger partial charge on any atom is 0.259 e. The summed E-state index contributed by atoms with van der Waals surface area (Å²) in [6, 6.07) is 0. The second-order valence-electron chi connectivity index (χ2n) is 3.68. The van der Waals surface area contributed by atoms with E-state index < -0.39 is 0 Å². The van der Waals surface area contributed by atoms with Crippen molar-refractivity contribution in [3.63, 3.8) is 0 Å². The molecule has 0 aromatic carbocycles. The lowest BCUT2D eigenvalue weighted by molar-refractivity contribution is -0.129. The summed E-state index contributed by atoms with van der Waals surface area (Å²) in [5.74, 6) is 5.26. The van der Waals surface area contributed by atoms with Crippen LogP contribution in [0.25, 0.3) is 0 Å². The van der Waals surface area contributed by atoms with Crippen LogP contribution in [-0.4, -0.2) is 18.6 Å². The van der Waals surface area contributed by atoms with Gasteiger partial charge in [0.05, 0.1) is 6.10 Å². The number of rotatable bonds is 3. The number of amides is 1. The normalized spacial score (nSPS) is 28.5. The first-order chi connectivity index (χ1) is 6.24. The zero-order valence-corrected chi connectivity index (χ0v) is 8.08. The van der Waals surface area contributed by atoms with E-state index in [9.17, 15) is 4.79 Å². The van der Waals surface area contributed by atoms with E-state index in [1.54, 1.807) is 0 Å². The third-order valence-corrected chi connectivity index (χ3v) is 2.62. The van der Waals surface area contributed by atoms with Crippen LogP contribution in [0.5, 0.6) is 0 Å². The molecule has 2 unspecified atom stereocenters. The third kappa shape index (κ3) is 3.32. The molecule has 0 radical (unpaired) electrons. The van der Waals surface area contributed by atoms with E-state index in [0.717, 1.165) is 6.42 Å². The second kappa shape index (κ2) is 5.19. The molecule has 0 aromatic heterocycles. The largest absolute Gasteiger partial charge is 0.368 e. The van der Waals surface area contributed by atoms with Gasteiger partial charge >= 0.3 is 0 Å². The molecule has 13 heavy (non-hydrogen) atoms. The van der Waals surface area contributed by atoms with Crippen molar-refractivity contribution in [2.45, 2.75) is 38.7 Å². The molecule has 1 amide bonds. The number of hydrogen-bond acceptors (Lipinski definition) is 3. The van der Waals surface area contributed by atoms with Crippen molar-refractivity contribution < 1.29 is 9.53 Å². The first-order valence-corrected chi connectivity index (χ1v) is 4.85. The van der Waals surface area contributed by atoms with Crippen LogP contribution in [0.1, 0.15) is 32.6 Å². The molecule has 1 fully saturated rings. The van der Waals surface area contributed by atoms with Crippen LogP contribution in [0, 0.1) is 5.92 Å².